The van der Waals surface area contributed by atoms with Gasteiger partial charge < -0.3 is 9.64 Å². The van der Waals surface area contributed by atoms with Gasteiger partial charge in [0.1, 0.15) is 5.82 Å². The van der Waals surface area contributed by atoms with Crippen molar-refractivity contribution in [2.24, 2.45) is 11.3 Å². The van der Waals surface area contributed by atoms with Crippen LogP contribution in [0, 0.1) is 18.3 Å². The first-order valence-electron chi connectivity index (χ1n) is 8.59. The van der Waals surface area contributed by atoms with Gasteiger partial charge in [0.15, 0.2) is 5.82 Å². The fourth-order valence-corrected chi connectivity index (χ4v) is 4.58. The summed E-state index contributed by atoms with van der Waals surface area (Å²) in [6.07, 6.45) is 5.10. The maximum atomic E-state index is 5.93. The zero-order valence-corrected chi connectivity index (χ0v) is 14.7. The Morgan fingerprint density at radius 2 is 2.12 bits per heavy atom. The van der Waals surface area contributed by atoms with E-state index in [1.165, 1.54) is 0 Å². The third-order valence-electron chi connectivity index (χ3n) is 5.58. The smallest absolute Gasteiger partial charge is 0.163 e. The van der Waals surface area contributed by atoms with Crippen LogP contribution in [0.25, 0.3) is 11.4 Å². The summed E-state index contributed by atoms with van der Waals surface area (Å²) < 4.78 is 5.93. The summed E-state index contributed by atoms with van der Waals surface area (Å²) in [5.74, 6) is 2.31. The van der Waals surface area contributed by atoms with Crippen LogP contribution in [0.15, 0.2) is 30.6 Å². The number of fused-ring (bicyclic) bond motifs is 1. The van der Waals surface area contributed by atoms with Gasteiger partial charge >= 0.3 is 0 Å². The number of hydrogen-bond donors (Lipinski definition) is 0. The summed E-state index contributed by atoms with van der Waals surface area (Å²) >= 11 is 0. The minimum Gasteiger partial charge on any atom is -0.377 e. The maximum Gasteiger partial charge on any atom is 0.163 e. The SMILES string of the molecule is Cc1cc(N(C)C2C3CCOC3C2(C)C)nc(-c2cccnc2)n1. The molecule has 0 amide bonds. The number of rotatable bonds is 3. The monoisotopic (exact) mass is 324 g/mol. The molecule has 2 aromatic heterocycles. The lowest BCUT2D eigenvalue weighted by molar-refractivity contribution is -0.101. The molecule has 1 aliphatic heterocycles. The quantitative estimate of drug-likeness (QED) is 0.868. The second-order valence-electron chi connectivity index (χ2n) is 7.55. The van der Waals surface area contributed by atoms with Gasteiger partial charge in [-0.2, -0.15) is 0 Å². The number of nitrogens with zero attached hydrogens (tertiary/aromatic N) is 4. The second kappa shape index (κ2) is 5.52. The highest BCUT2D eigenvalue weighted by molar-refractivity contribution is 5.57. The Balaban J connectivity index is 1.68. The van der Waals surface area contributed by atoms with Gasteiger partial charge in [-0.05, 0) is 25.5 Å². The van der Waals surface area contributed by atoms with Gasteiger partial charge in [-0.25, -0.2) is 9.97 Å². The summed E-state index contributed by atoms with van der Waals surface area (Å²) in [6, 6.07) is 6.43. The highest BCUT2D eigenvalue weighted by Crippen LogP contribution is 2.54. The van der Waals surface area contributed by atoms with Gasteiger partial charge in [-0.3, -0.25) is 4.98 Å². The predicted molar refractivity (Wildman–Crippen MR) is 93.8 cm³/mol. The number of aromatic nitrogens is 3. The molecule has 3 heterocycles. The first-order valence-corrected chi connectivity index (χ1v) is 8.59. The molecule has 1 aliphatic carbocycles. The highest BCUT2D eigenvalue weighted by Gasteiger charge is 2.61. The molecule has 1 saturated carbocycles. The summed E-state index contributed by atoms with van der Waals surface area (Å²) in [7, 11) is 2.15. The lowest BCUT2D eigenvalue weighted by Gasteiger charge is -2.58. The van der Waals surface area contributed by atoms with Crippen LogP contribution in [0.4, 0.5) is 5.82 Å². The van der Waals surface area contributed by atoms with Crippen molar-refractivity contribution in [3.8, 4) is 11.4 Å². The first kappa shape index (κ1) is 15.5. The topological polar surface area (TPSA) is 51.1 Å². The van der Waals surface area contributed by atoms with Crippen molar-refractivity contribution in [3.05, 3.63) is 36.3 Å². The number of aryl methyl sites for hydroxylation is 1. The summed E-state index contributed by atoms with van der Waals surface area (Å²) in [6.45, 7) is 7.51. The molecule has 5 heteroatoms. The zero-order valence-electron chi connectivity index (χ0n) is 14.7. The van der Waals surface area contributed by atoms with E-state index in [1.54, 1.807) is 6.20 Å². The zero-order chi connectivity index (χ0) is 16.9. The molecule has 24 heavy (non-hydrogen) atoms. The Hall–Kier alpha value is -2.01. The van der Waals surface area contributed by atoms with Crippen LogP contribution in [0.5, 0.6) is 0 Å². The van der Waals surface area contributed by atoms with Crippen LogP contribution in [-0.2, 0) is 4.74 Å². The van der Waals surface area contributed by atoms with Crippen molar-refractivity contribution in [1.29, 1.82) is 0 Å². The van der Waals surface area contributed by atoms with Crippen LogP contribution < -0.4 is 4.90 Å². The van der Waals surface area contributed by atoms with Gasteiger partial charge in [-0.15, -0.1) is 0 Å². The molecule has 2 aromatic rings. The molecule has 0 N–H and O–H groups in total. The van der Waals surface area contributed by atoms with Crippen molar-refractivity contribution in [2.45, 2.75) is 39.3 Å². The number of pyridine rings is 1. The molecule has 1 saturated heterocycles. The highest BCUT2D eigenvalue weighted by atomic mass is 16.5. The second-order valence-corrected chi connectivity index (χ2v) is 7.55. The van der Waals surface area contributed by atoms with Crippen LogP contribution in [0.2, 0.25) is 0 Å². The van der Waals surface area contributed by atoms with E-state index in [0.717, 1.165) is 35.9 Å². The molecular weight excluding hydrogens is 300 g/mol. The first-order chi connectivity index (χ1) is 11.5. The van der Waals surface area contributed by atoms with Gasteiger partial charge in [0, 0.05) is 60.7 Å². The Morgan fingerprint density at radius 1 is 1.29 bits per heavy atom. The van der Waals surface area contributed by atoms with E-state index in [-0.39, 0.29) is 5.41 Å². The minimum absolute atomic E-state index is 0.142. The fourth-order valence-electron chi connectivity index (χ4n) is 4.58. The maximum absolute atomic E-state index is 5.93. The lowest BCUT2D eigenvalue weighted by atomic mass is 9.57. The van der Waals surface area contributed by atoms with Gasteiger partial charge in [0.25, 0.3) is 0 Å². The van der Waals surface area contributed by atoms with Gasteiger partial charge in [0.2, 0.25) is 0 Å². The van der Waals surface area contributed by atoms with E-state index in [9.17, 15) is 0 Å². The standard InChI is InChI=1S/C19H24N4O/c1-12-10-15(22-18(21-12)13-6-5-8-20-11-13)23(4)16-14-7-9-24-17(14)19(16,2)3/h5-6,8,10-11,14,16-17H,7,9H2,1-4H3. The van der Waals surface area contributed by atoms with Gasteiger partial charge in [-0.1, -0.05) is 13.8 Å². The third kappa shape index (κ3) is 2.30. The molecule has 0 spiro atoms. The van der Waals surface area contributed by atoms with Crippen molar-refractivity contribution in [1.82, 2.24) is 15.0 Å². The summed E-state index contributed by atoms with van der Waals surface area (Å²) in [5.41, 5.74) is 2.07. The van der Waals surface area contributed by atoms with Crippen LogP contribution in [0.1, 0.15) is 26.0 Å². The van der Waals surface area contributed by atoms with Crippen LogP contribution in [0.3, 0.4) is 0 Å². The van der Waals surface area contributed by atoms with E-state index >= 15 is 0 Å². The average molecular weight is 324 g/mol. The Bertz CT molecular complexity index is 746. The Morgan fingerprint density at radius 3 is 2.88 bits per heavy atom. The van der Waals surface area contributed by atoms with Crippen LogP contribution >= 0.6 is 0 Å². The van der Waals surface area contributed by atoms with E-state index in [4.69, 9.17) is 9.72 Å². The molecule has 2 aliphatic rings. The molecule has 0 bridgehead atoms. The molecule has 3 unspecified atom stereocenters. The van der Waals surface area contributed by atoms with E-state index in [0.29, 0.717) is 18.1 Å². The summed E-state index contributed by atoms with van der Waals surface area (Å²) in [4.78, 5) is 15.9. The minimum atomic E-state index is 0.142. The summed E-state index contributed by atoms with van der Waals surface area (Å²) in [5, 5.41) is 0. The van der Waals surface area contributed by atoms with E-state index < -0.39 is 0 Å². The Kier molecular flexibility index (Phi) is 3.57. The molecule has 0 aromatic carbocycles. The molecule has 3 atom stereocenters. The number of ether oxygens (including phenoxy) is 1. The molecule has 4 rings (SSSR count). The molecule has 5 nitrogen and oxygen atoms in total. The Labute approximate surface area is 143 Å². The average Bonchev–Trinajstić information content (AvgIpc) is 3.01. The van der Waals surface area contributed by atoms with Crippen LogP contribution in [-0.4, -0.2) is 40.8 Å². The molecule has 126 valence electrons. The van der Waals surface area contributed by atoms with E-state index in [1.807, 2.05) is 25.3 Å². The number of hydrogen-bond acceptors (Lipinski definition) is 5. The van der Waals surface area contributed by atoms with Gasteiger partial charge in [0.05, 0.1) is 6.10 Å². The number of anilines is 1. The largest absolute Gasteiger partial charge is 0.377 e. The van der Waals surface area contributed by atoms with Crippen molar-refractivity contribution < 1.29 is 4.74 Å². The lowest BCUT2D eigenvalue weighted by Crippen LogP contribution is -2.66. The normalized spacial score (nSPS) is 27.4. The third-order valence-corrected chi connectivity index (χ3v) is 5.58. The fraction of sp³-hybridized carbons (Fsp3) is 0.526. The van der Waals surface area contributed by atoms with E-state index in [2.05, 4.69) is 41.8 Å². The van der Waals surface area contributed by atoms with Crippen molar-refractivity contribution >= 4 is 5.82 Å². The molecule has 2 fully saturated rings. The predicted octanol–water partition coefficient (Wildman–Crippen LogP) is 3.10. The van der Waals surface area contributed by atoms with Crippen molar-refractivity contribution in [3.63, 3.8) is 0 Å². The molecule has 0 radical (unpaired) electrons. The van der Waals surface area contributed by atoms with Crippen molar-refractivity contribution in [2.75, 3.05) is 18.6 Å². The molecular formula is C19H24N4O.